The number of sulfonamides is 1. The van der Waals surface area contributed by atoms with E-state index in [2.05, 4.69) is 21.8 Å². The largest absolute Gasteiger partial charge is 0.381 e. The smallest absolute Gasteiger partial charge is 0.245 e. The highest BCUT2D eigenvalue weighted by atomic mass is 32.2. The van der Waals surface area contributed by atoms with Crippen LogP contribution in [0.25, 0.3) is 0 Å². The molecule has 7 nitrogen and oxygen atoms in total. The predicted octanol–water partition coefficient (Wildman–Crippen LogP) is -0.378. The highest BCUT2D eigenvalue weighted by Crippen LogP contribution is 2.18. The normalized spacial score (nSPS) is 21.7. The Kier molecular flexibility index (Phi) is 4.12. The van der Waals surface area contributed by atoms with Crippen LogP contribution in [0.15, 0.2) is 11.1 Å². The Morgan fingerprint density at radius 3 is 2.84 bits per heavy atom. The average Bonchev–Trinajstić information content (AvgIpc) is 2.67. The molecule has 0 saturated carbocycles. The molecule has 1 fully saturated rings. The van der Waals surface area contributed by atoms with Gasteiger partial charge in [0.15, 0.2) is 5.82 Å². The molecule has 108 valence electrons. The molecule has 0 radical (unpaired) electrons. The molecule has 1 unspecified atom stereocenters. The number of hydrogen-bond donors (Lipinski definition) is 2. The van der Waals surface area contributed by atoms with Crippen molar-refractivity contribution in [3.05, 3.63) is 6.20 Å². The monoisotopic (exact) mass is 287 g/mol. The van der Waals surface area contributed by atoms with Gasteiger partial charge in [0.25, 0.3) is 0 Å². The van der Waals surface area contributed by atoms with Crippen LogP contribution < -0.4 is 10.5 Å². The second-order valence-electron chi connectivity index (χ2n) is 5.17. The van der Waals surface area contributed by atoms with Crippen LogP contribution in [0.1, 0.15) is 12.8 Å². The number of likely N-dealkylation sites (tertiary alicyclic amines) is 1. The van der Waals surface area contributed by atoms with Gasteiger partial charge >= 0.3 is 0 Å². The number of aryl methyl sites for hydroxylation is 1. The zero-order chi connectivity index (χ0) is 14.0. The molecule has 2 heterocycles. The lowest BCUT2D eigenvalue weighted by Crippen LogP contribution is -2.39. The lowest BCUT2D eigenvalue weighted by Gasteiger charge is -2.29. The predicted molar refractivity (Wildman–Crippen MR) is 73.0 cm³/mol. The van der Waals surface area contributed by atoms with Crippen LogP contribution in [-0.2, 0) is 17.1 Å². The van der Waals surface area contributed by atoms with Crippen molar-refractivity contribution in [2.75, 3.05) is 32.4 Å². The van der Waals surface area contributed by atoms with E-state index in [9.17, 15) is 8.42 Å². The Labute approximate surface area is 113 Å². The van der Waals surface area contributed by atoms with Gasteiger partial charge in [-0.1, -0.05) is 0 Å². The van der Waals surface area contributed by atoms with Gasteiger partial charge in [-0.3, -0.25) is 4.68 Å². The van der Waals surface area contributed by atoms with Gasteiger partial charge in [0.05, 0.1) is 0 Å². The molecule has 1 aromatic heterocycles. The Bertz CT molecular complexity index is 539. The van der Waals surface area contributed by atoms with Crippen LogP contribution in [0, 0.1) is 5.92 Å². The van der Waals surface area contributed by atoms with E-state index in [4.69, 9.17) is 5.73 Å². The Morgan fingerprint density at radius 2 is 2.26 bits per heavy atom. The summed E-state index contributed by atoms with van der Waals surface area (Å²) >= 11 is 0. The molecule has 0 aromatic carbocycles. The lowest BCUT2D eigenvalue weighted by atomic mass is 9.99. The maximum absolute atomic E-state index is 12.1. The summed E-state index contributed by atoms with van der Waals surface area (Å²) in [5.74, 6) is 0.391. The highest BCUT2D eigenvalue weighted by Gasteiger charge is 2.23. The molecule has 8 heteroatoms. The highest BCUT2D eigenvalue weighted by molar-refractivity contribution is 7.89. The van der Waals surface area contributed by atoms with E-state index in [1.165, 1.54) is 10.9 Å². The van der Waals surface area contributed by atoms with Crippen LogP contribution in [0.3, 0.4) is 0 Å². The molecule has 0 amide bonds. The second kappa shape index (κ2) is 5.48. The van der Waals surface area contributed by atoms with Crippen LogP contribution in [0.4, 0.5) is 5.82 Å². The molecular formula is C11H21N5O2S. The summed E-state index contributed by atoms with van der Waals surface area (Å²) in [4.78, 5) is 2.28. The number of nitrogens with two attached hydrogens (primary N) is 1. The zero-order valence-electron chi connectivity index (χ0n) is 11.3. The van der Waals surface area contributed by atoms with Crippen LogP contribution in [0.5, 0.6) is 0 Å². The molecule has 1 atom stereocenters. The van der Waals surface area contributed by atoms with Gasteiger partial charge in [-0.05, 0) is 32.4 Å². The van der Waals surface area contributed by atoms with Crippen molar-refractivity contribution in [1.82, 2.24) is 19.4 Å². The van der Waals surface area contributed by atoms with Gasteiger partial charge in [0.2, 0.25) is 10.0 Å². The van der Waals surface area contributed by atoms with Crippen molar-refractivity contribution >= 4 is 15.8 Å². The molecule has 1 aliphatic heterocycles. The topological polar surface area (TPSA) is 93.2 Å². The number of aromatic nitrogens is 2. The van der Waals surface area contributed by atoms with Gasteiger partial charge < -0.3 is 10.6 Å². The summed E-state index contributed by atoms with van der Waals surface area (Å²) in [6.45, 7) is 2.45. The molecule has 0 spiro atoms. The van der Waals surface area contributed by atoms with E-state index in [0.717, 1.165) is 25.9 Å². The number of anilines is 1. The summed E-state index contributed by atoms with van der Waals surface area (Å²) in [7, 11) is 0.136. The van der Waals surface area contributed by atoms with Gasteiger partial charge in [-0.2, -0.15) is 5.10 Å². The van der Waals surface area contributed by atoms with E-state index in [0.29, 0.717) is 12.5 Å². The number of nitrogens with one attached hydrogen (secondary N) is 1. The molecule has 2 rings (SSSR count). The SMILES string of the molecule is CN1CCCC(CNS(=O)(=O)c2cn(C)nc2N)C1. The fraction of sp³-hybridized carbons (Fsp3) is 0.727. The van der Waals surface area contributed by atoms with Crippen molar-refractivity contribution < 1.29 is 8.42 Å². The fourth-order valence-corrected chi connectivity index (χ4v) is 3.65. The molecule has 3 N–H and O–H groups in total. The Hall–Kier alpha value is -1.12. The summed E-state index contributed by atoms with van der Waals surface area (Å²) in [5.41, 5.74) is 5.60. The summed E-state index contributed by atoms with van der Waals surface area (Å²) in [6, 6.07) is 0. The Morgan fingerprint density at radius 1 is 1.53 bits per heavy atom. The Balaban J connectivity index is 2.00. The number of rotatable bonds is 4. The van der Waals surface area contributed by atoms with E-state index >= 15 is 0 Å². The van der Waals surface area contributed by atoms with Crippen LogP contribution in [0.2, 0.25) is 0 Å². The molecule has 1 aromatic rings. The summed E-state index contributed by atoms with van der Waals surface area (Å²) in [5, 5.41) is 3.85. The lowest BCUT2D eigenvalue weighted by molar-refractivity contribution is 0.211. The minimum absolute atomic E-state index is 0.0377. The molecular weight excluding hydrogens is 266 g/mol. The van der Waals surface area contributed by atoms with E-state index in [1.807, 2.05) is 0 Å². The number of piperidine rings is 1. The average molecular weight is 287 g/mol. The number of hydrogen-bond acceptors (Lipinski definition) is 5. The van der Waals surface area contributed by atoms with E-state index in [-0.39, 0.29) is 10.7 Å². The first-order valence-electron chi connectivity index (χ1n) is 6.36. The van der Waals surface area contributed by atoms with Crippen LogP contribution >= 0.6 is 0 Å². The maximum Gasteiger partial charge on any atom is 0.245 e. The van der Waals surface area contributed by atoms with Gasteiger partial charge in [-0.15, -0.1) is 0 Å². The van der Waals surface area contributed by atoms with E-state index in [1.54, 1.807) is 7.05 Å². The van der Waals surface area contributed by atoms with Crippen LogP contribution in [-0.4, -0.2) is 49.8 Å². The van der Waals surface area contributed by atoms with Gasteiger partial charge in [0, 0.05) is 26.3 Å². The fourth-order valence-electron chi connectivity index (χ4n) is 2.44. The molecule has 0 bridgehead atoms. The van der Waals surface area contributed by atoms with Crippen molar-refractivity contribution in [2.45, 2.75) is 17.7 Å². The minimum atomic E-state index is -3.56. The van der Waals surface area contributed by atoms with Crippen molar-refractivity contribution in [2.24, 2.45) is 13.0 Å². The van der Waals surface area contributed by atoms with Crippen molar-refractivity contribution in [3.63, 3.8) is 0 Å². The maximum atomic E-state index is 12.1. The minimum Gasteiger partial charge on any atom is -0.381 e. The van der Waals surface area contributed by atoms with Crippen molar-refractivity contribution in [1.29, 1.82) is 0 Å². The third kappa shape index (κ3) is 3.46. The first-order valence-corrected chi connectivity index (χ1v) is 7.84. The quantitative estimate of drug-likeness (QED) is 0.787. The molecule has 1 saturated heterocycles. The molecule has 0 aliphatic carbocycles. The van der Waals surface area contributed by atoms with Gasteiger partial charge in [-0.25, -0.2) is 13.1 Å². The number of nitrogens with zero attached hydrogens (tertiary/aromatic N) is 3. The molecule has 19 heavy (non-hydrogen) atoms. The first kappa shape index (κ1) is 14.3. The molecule has 1 aliphatic rings. The van der Waals surface area contributed by atoms with Crippen molar-refractivity contribution in [3.8, 4) is 0 Å². The third-order valence-electron chi connectivity index (χ3n) is 3.40. The first-order chi connectivity index (χ1) is 8.88. The second-order valence-corrected chi connectivity index (χ2v) is 6.91. The van der Waals surface area contributed by atoms with Gasteiger partial charge in [0.1, 0.15) is 4.90 Å². The standard InChI is InChI=1S/C11H21N5O2S/c1-15-5-3-4-9(7-15)6-13-19(17,18)10-8-16(2)14-11(10)12/h8-9,13H,3-7H2,1-2H3,(H2,12,14). The zero-order valence-corrected chi connectivity index (χ0v) is 12.2. The summed E-state index contributed by atoms with van der Waals surface area (Å²) < 4.78 is 28.3. The third-order valence-corrected chi connectivity index (χ3v) is 4.84. The number of nitrogen functional groups attached to an aromatic ring is 1. The van der Waals surface area contributed by atoms with E-state index < -0.39 is 10.0 Å². The summed E-state index contributed by atoms with van der Waals surface area (Å²) in [6.07, 6.45) is 3.58.